The topological polar surface area (TPSA) is 67.4 Å². The fraction of sp³-hybridized carbons (Fsp3) is 0.0909. The van der Waals surface area contributed by atoms with E-state index in [1.807, 2.05) is 0 Å². The highest BCUT2D eigenvalue weighted by atomic mass is 19.4. The van der Waals surface area contributed by atoms with E-state index >= 15 is 0 Å². The molecule has 0 atom stereocenters. The van der Waals surface area contributed by atoms with E-state index in [9.17, 15) is 22.8 Å². The lowest BCUT2D eigenvalue weighted by Gasteiger charge is -2.14. The Hall–Kier alpha value is -3.81. The van der Waals surface area contributed by atoms with Crippen LogP contribution in [0, 0.1) is 0 Å². The molecule has 3 aromatic carbocycles. The van der Waals surface area contributed by atoms with Crippen molar-refractivity contribution < 1.29 is 27.5 Å². The summed E-state index contributed by atoms with van der Waals surface area (Å²) in [5.74, 6) is -1.34. The number of ether oxygens (including phenoxy) is 1. The van der Waals surface area contributed by atoms with Gasteiger partial charge in [-0.1, -0.05) is 48.5 Å². The van der Waals surface area contributed by atoms with Gasteiger partial charge in [0.05, 0.1) is 11.3 Å². The summed E-state index contributed by atoms with van der Waals surface area (Å²) in [6.45, 7) is -0.188. The molecule has 0 aliphatic rings. The first-order valence-electron chi connectivity index (χ1n) is 8.91. The first-order valence-corrected chi connectivity index (χ1v) is 8.91. The number of benzene rings is 3. The minimum atomic E-state index is -4.84. The van der Waals surface area contributed by atoms with Gasteiger partial charge in [0.25, 0.3) is 11.8 Å². The van der Waals surface area contributed by atoms with Crippen molar-refractivity contribution >= 4 is 17.5 Å². The summed E-state index contributed by atoms with van der Waals surface area (Å²) < 4.78 is 41.6. The van der Waals surface area contributed by atoms with Gasteiger partial charge in [0.2, 0.25) is 0 Å². The fourth-order valence-electron chi connectivity index (χ4n) is 2.72. The van der Waals surface area contributed by atoms with Crippen LogP contribution < -0.4 is 15.4 Å². The standard InChI is InChI=1S/C22H17F3N2O3/c23-22(24,25)30-19-13-7-4-10-16(19)14-26-21(29)17-11-5-6-12-18(17)27-20(28)15-8-2-1-3-9-15/h1-13H,14H2,(H,26,29)(H,27,28). The van der Waals surface area contributed by atoms with E-state index in [0.29, 0.717) is 5.56 Å². The zero-order valence-corrected chi connectivity index (χ0v) is 15.6. The minimum absolute atomic E-state index is 0.161. The summed E-state index contributed by atoms with van der Waals surface area (Å²) in [7, 11) is 0. The van der Waals surface area contributed by atoms with Crippen LogP contribution >= 0.6 is 0 Å². The zero-order chi connectivity index (χ0) is 21.6. The first kappa shape index (κ1) is 20.9. The molecule has 0 unspecified atom stereocenters. The molecule has 0 aliphatic heterocycles. The molecule has 8 heteroatoms. The highest BCUT2D eigenvalue weighted by Gasteiger charge is 2.32. The number of rotatable bonds is 6. The smallest absolute Gasteiger partial charge is 0.405 e. The van der Waals surface area contributed by atoms with Crippen molar-refractivity contribution in [1.29, 1.82) is 0 Å². The second-order valence-corrected chi connectivity index (χ2v) is 6.20. The largest absolute Gasteiger partial charge is 0.573 e. The van der Waals surface area contributed by atoms with Crippen molar-refractivity contribution in [2.75, 3.05) is 5.32 Å². The molecule has 2 amide bonds. The average Bonchev–Trinajstić information content (AvgIpc) is 2.73. The average molecular weight is 414 g/mol. The molecule has 5 nitrogen and oxygen atoms in total. The van der Waals surface area contributed by atoms with Gasteiger partial charge in [0.1, 0.15) is 5.75 Å². The number of para-hydroxylation sites is 2. The van der Waals surface area contributed by atoms with Gasteiger partial charge in [0.15, 0.2) is 0 Å². The Labute approximate surface area is 170 Å². The Morgan fingerprint density at radius 2 is 1.43 bits per heavy atom. The molecule has 0 radical (unpaired) electrons. The maximum Gasteiger partial charge on any atom is 0.573 e. The molecular weight excluding hydrogens is 397 g/mol. The molecule has 3 rings (SSSR count). The molecule has 0 saturated carbocycles. The number of halogens is 3. The lowest BCUT2D eigenvalue weighted by Crippen LogP contribution is -2.26. The normalized spacial score (nSPS) is 10.9. The summed E-state index contributed by atoms with van der Waals surface area (Å²) in [6, 6.07) is 20.4. The molecule has 154 valence electrons. The molecule has 0 fully saturated rings. The molecule has 0 aromatic heterocycles. The van der Waals surface area contributed by atoms with Gasteiger partial charge in [-0.25, -0.2) is 0 Å². The Bertz CT molecular complexity index is 1040. The van der Waals surface area contributed by atoms with Crippen molar-refractivity contribution in [2.24, 2.45) is 0 Å². The molecule has 0 heterocycles. The lowest BCUT2D eigenvalue weighted by molar-refractivity contribution is -0.274. The minimum Gasteiger partial charge on any atom is -0.405 e. The Morgan fingerprint density at radius 3 is 2.17 bits per heavy atom. The van der Waals surface area contributed by atoms with Crippen LogP contribution in [0.4, 0.5) is 18.9 Å². The van der Waals surface area contributed by atoms with Crippen molar-refractivity contribution in [3.8, 4) is 5.75 Å². The first-order chi connectivity index (χ1) is 14.3. The highest BCUT2D eigenvalue weighted by Crippen LogP contribution is 2.26. The fourth-order valence-corrected chi connectivity index (χ4v) is 2.72. The quantitative estimate of drug-likeness (QED) is 0.611. The SMILES string of the molecule is O=C(Nc1ccccc1C(=O)NCc1ccccc1OC(F)(F)F)c1ccccc1. The van der Waals surface area contributed by atoms with E-state index in [-0.39, 0.29) is 29.3 Å². The van der Waals surface area contributed by atoms with Crippen LogP contribution in [0.3, 0.4) is 0 Å². The van der Waals surface area contributed by atoms with Crippen LogP contribution in [0.5, 0.6) is 5.75 Å². The molecule has 0 bridgehead atoms. The molecule has 2 N–H and O–H groups in total. The number of hydrogen-bond acceptors (Lipinski definition) is 3. The van der Waals surface area contributed by atoms with E-state index < -0.39 is 18.0 Å². The second kappa shape index (κ2) is 9.13. The number of amides is 2. The molecule has 0 aliphatic carbocycles. The monoisotopic (exact) mass is 414 g/mol. The molecule has 30 heavy (non-hydrogen) atoms. The number of alkyl halides is 3. The summed E-state index contributed by atoms with van der Waals surface area (Å²) in [6.07, 6.45) is -4.84. The van der Waals surface area contributed by atoms with Gasteiger partial charge in [0, 0.05) is 17.7 Å². The maximum absolute atomic E-state index is 12.6. The van der Waals surface area contributed by atoms with Crippen LogP contribution in [0.2, 0.25) is 0 Å². The number of nitrogens with one attached hydrogen (secondary N) is 2. The Balaban J connectivity index is 1.72. The third-order valence-corrected chi connectivity index (χ3v) is 4.09. The van der Waals surface area contributed by atoms with Gasteiger partial charge in [-0.3, -0.25) is 9.59 Å². The van der Waals surface area contributed by atoms with Crippen molar-refractivity contribution in [3.63, 3.8) is 0 Å². The van der Waals surface area contributed by atoms with Crippen LogP contribution in [0.25, 0.3) is 0 Å². The van der Waals surface area contributed by atoms with Gasteiger partial charge in [-0.05, 0) is 30.3 Å². The third-order valence-electron chi connectivity index (χ3n) is 4.09. The Kier molecular flexibility index (Phi) is 6.36. The highest BCUT2D eigenvalue weighted by molar-refractivity contribution is 6.08. The van der Waals surface area contributed by atoms with Gasteiger partial charge in [-0.2, -0.15) is 0 Å². The number of anilines is 1. The third kappa shape index (κ3) is 5.60. The van der Waals surface area contributed by atoms with Gasteiger partial charge >= 0.3 is 6.36 Å². The summed E-state index contributed by atoms with van der Waals surface area (Å²) in [5.41, 5.74) is 1.04. The number of carbonyl (C=O) groups excluding carboxylic acids is 2. The second-order valence-electron chi connectivity index (χ2n) is 6.20. The van der Waals surface area contributed by atoms with Crippen LogP contribution in [0.1, 0.15) is 26.3 Å². The molecule has 0 saturated heterocycles. The Morgan fingerprint density at radius 1 is 0.800 bits per heavy atom. The number of hydrogen-bond donors (Lipinski definition) is 2. The predicted octanol–water partition coefficient (Wildman–Crippen LogP) is 4.77. The van der Waals surface area contributed by atoms with Crippen molar-refractivity contribution in [3.05, 3.63) is 95.6 Å². The summed E-state index contributed by atoms with van der Waals surface area (Å²) >= 11 is 0. The van der Waals surface area contributed by atoms with Crippen molar-refractivity contribution in [1.82, 2.24) is 5.32 Å². The van der Waals surface area contributed by atoms with Crippen LogP contribution in [-0.4, -0.2) is 18.2 Å². The molecule has 0 spiro atoms. The van der Waals surface area contributed by atoms with E-state index in [1.165, 1.54) is 24.3 Å². The van der Waals surface area contributed by atoms with E-state index in [4.69, 9.17) is 0 Å². The zero-order valence-electron chi connectivity index (χ0n) is 15.6. The van der Waals surface area contributed by atoms with Gasteiger partial charge < -0.3 is 15.4 Å². The van der Waals surface area contributed by atoms with E-state index in [2.05, 4.69) is 15.4 Å². The van der Waals surface area contributed by atoms with Gasteiger partial charge in [-0.15, -0.1) is 13.2 Å². The maximum atomic E-state index is 12.6. The summed E-state index contributed by atoms with van der Waals surface area (Å²) in [5, 5.41) is 5.23. The lowest BCUT2D eigenvalue weighted by atomic mass is 10.1. The van der Waals surface area contributed by atoms with Crippen LogP contribution in [0.15, 0.2) is 78.9 Å². The van der Waals surface area contributed by atoms with E-state index in [0.717, 1.165) is 0 Å². The molecular formula is C22H17F3N2O3. The molecule has 3 aromatic rings. The number of carbonyl (C=O) groups is 2. The van der Waals surface area contributed by atoms with E-state index in [1.54, 1.807) is 54.6 Å². The van der Waals surface area contributed by atoms with Crippen molar-refractivity contribution in [2.45, 2.75) is 12.9 Å². The summed E-state index contributed by atoms with van der Waals surface area (Å²) in [4.78, 5) is 25.0. The predicted molar refractivity (Wildman–Crippen MR) is 105 cm³/mol. The van der Waals surface area contributed by atoms with Crippen LogP contribution in [-0.2, 0) is 6.54 Å².